The van der Waals surface area contributed by atoms with Gasteiger partial charge in [0.25, 0.3) is 0 Å². The summed E-state index contributed by atoms with van der Waals surface area (Å²) in [6.45, 7) is 0.865. The minimum absolute atomic E-state index is 0.0219. The summed E-state index contributed by atoms with van der Waals surface area (Å²) < 4.78 is 1.27. The van der Waals surface area contributed by atoms with Crippen molar-refractivity contribution in [1.82, 2.24) is 5.32 Å². The molecule has 0 aliphatic heterocycles. The molecule has 0 spiro atoms. The van der Waals surface area contributed by atoms with E-state index >= 15 is 0 Å². The molecule has 0 aliphatic carbocycles. The molecule has 2 aromatic carbocycles. The van der Waals surface area contributed by atoms with E-state index in [1.54, 1.807) is 11.3 Å². The molecule has 3 heteroatoms. The zero-order valence-corrected chi connectivity index (χ0v) is 11.9. The summed E-state index contributed by atoms with van der Waals surface area (Å²) in [6, 6.07) is 18.6. The highest BCUT2D eigenvalue weighted by Gasteiger charge is 2.14. The molecule has 0 aliphatic rings. The summed E-state index contributed by atoms with van der Waals surface area (Å²) in [5.41, 5.74) is 2.41. The molecule has 1 heterocycles. The Bertz CT molecular complexity index is 678. The lowest BCUT2D eigenvalue weighted by Gasteiger charge is -2.16. The van der Waals surface area contributed by atoms with Gasteiger partial charge in [-0.1, -0.05) is 48.5 Å². The molecule has 3 rings (SSSR count). The number of hydrogen-bond acceptors (Lipinski definition) is 3. The lowest BCUT2D eigenvalue weighted by molar-refractivity contribution is 0.244. The first-order valence-electron chi connectivity index (χ1n) is 6.73. The molecule has 20 heavy (non-hydrogen) atoms. The molecule has 1 unspecified atom stereocenters. The first kappa shape index (κ1) is 13.3. The summed E-state index contributed by atoms with van der Waals surface area (Å²) in [5, 5.41) is 16.5. The second kappa shape index (κ2) is 6.18. The van der Waals surface area contributed by atoms with Crippen molar-refractivity contribution in [2.24, 2.45) is 0 Å². The van der Waals surface area contributed by atoms with Crippen molar-refractivity contribution in [2.45, 2.75) is 12.6 Å². The fourth-order valence-corrected chi connectivity index (χ4v) is 3.39. The third kappa shape index (κ3) is 2.75. The predicted molar refractivity (Wildman–Crippen MR) is 84.9 cm³/mol. The van der Waals surface area contributed by atoms with Gasteiger partial charge in [0.2, 0.25) is 0 Å². The highest BCUT2D eigenvalue weighted by atomic mass is 32.1. The quantitative estimate of drug-likeness (QED) is 0.748. The number of rotatable bonds is 5. The van der Waals surface area contributed by atoms with E-state index in [-0.39, 0.29) is 12.6 Å². The maximum absolute atomic E-state index is 9.68. The molecule has 0 saturated heterocycles. The van der Waals surface area contributed by atoms with E-state index in [1.165, 1.54) is 21.2 Å². The number of aliphatic hydroxyl groups excluding tert-OH is 1. The Hall–Kier alpha value is -1.68. The van der Waals surface area contributed by atoms with Crippen LogP contribution in [0, 0.1) is 0 Å². The number of thiophene rings is 1. The SMILES string of the molecule is OCC(NCc1ccccc1)c1csc2ccccc12. The standard InChI is InChI=1S/C17H17NOS/c19-11-16(18-10-13-6-2-1-3-7-13)15-12-20-17-9-5-4-8-14(15)17/h1-9,12,16,18-19H,10-11H2. The average molecular weight is 283 g/mol. The van der Waals surface area contributed by atoms with Crippen LogP contribution < -0.4 is 5.32 Å². The summed E-state index contributed by atoms with van der Waals surface area (Å²) >= 11 is 1.73. The smallest absolute Gasteiger partial charge is 0.0627 e. The van der Waals surface area contributed by atoms with E-state index in [2.05, 4.69) is 35.0 Å². The van der Waals surface area contributed by atoms with Crippen LogP contribution in [-0.2, 0) is 6.54 Å². The van der Waals surface area contributed by atoms with Gasteiger partial charge < -0.3 is 10.4 Å². The predicted octanol–water partition coefficient (Wildman–Crippen LogP) is 3.72. The lowest BCUT2D eigenvalue weighted by Crippen LogP contribution is -2.23. The number of nitrogens with one attached hydrogen (secondary N) is 1. The van der Waals surface area contributed by atoms with E-state index in [0.717, 1.165) is 6.54 Å². The van der Waals surface area contributed by atoms with Crippen LogP contribution in [0.4, 0.5) is 0 Å². The van der Waals surface area contributed by atoms with Gasteiger partial charge >= 0.3 is 0 Å². The molecule has 0 saturated carbocycles. The minimum Gasteiger partial charge on any atom is -0.394 e. The van der Waals surface area contributed by atoms with Crippen LogP contribution in [0.5, 0.6) is 0 Å². The zero-order chi connectivity index (χ0) is 13.8. The molecular weight excluding hydrogens is 266 g/mol. The first-order chi connectivity index (χ1) is 9.88. The van der Waals surface area contributed by atoms with Crippen molar-refractivity contribution in [1.29, 1.82) is 0 Å². The van der Waals surface area contributed by atoms with Gasteiger partial charge in [0.1, 0.15) is 0 Å². The summed E-state index contributed by atoms with van der Waals surface area (Å²) in [7, 11) is 0. The van der Waals surface area contributed by atoms with Gasteiger partial charge in [0, 0.05) is 11.2 Å². The molecule has 3 aromatic rings. The van der Waals surface area contributed by atoms with Gasteiger partial charge in [-0.3, -0.25) is 0 Å². The van der Waals surface area contributed by atoms with E-state index in [1.807, 2.05) is 30.3 Å². The van der Waals surface area contributed by atoms with Gasteiger partial charge in [-0.2, -0.15) is 0 Å². The average Bonchev–Trinajstić information content (AvgIpc) is 2.93. The molecule has 1 atom stereocenters. The van der Waals surface area contributed by atoms with E-state index in [4.69, 9.17) is 0 Å². The van der Waals surface area contributed by atoms with Gasteiger partial charge in [-0.05, 0) is 28.0 Å². The summed E-state index contributed by atoms with van der Waals surface area (Å²) in [6.07, 6.45) is 0. The Kier molecular flexibility index (Phi) is 4.11. The van der Waals surface area contributed by atoms with Crippen molar-refractivity contribution >= 4 is 21.4 Å². The molecular formula is C17H17NOS. The van der Waals surface area contributed by atoms with Gasteiger partial charge in [0.05, 0.1) is 12.6 Å². The summed E-state index contributed by atoms with van der Waals surface area (Å²) in [4.78, 5) is 0. The Balaban J connectivity index is 1.79. The summed E-state index contributed by atoms with van der Waals surface area (Å²) in [5.74, 6) is 0. The number of aliphatic hydroxyl groups is 1. The fraction of sp³-hybridized carbons (Fsp3) is 0.176. The van der Waals surface area contributed by atoms with Crippen LogP contribution in [0.2, 0.25) is 0 Å². The van der Waals surface area contributed by atoms with Crippen molar-refractivity contribution in [3.05, 3.63) is 71.1 Å². The third-order valence-corrected chi connectivity index (χ3v) is 4.45. The van der Waals surface area contributed by atoms with E-state index in [0.29, 0.717) is 0 Å². The largest absolute Gasteiger partial charge is 0.394 e. The van der Waals surface area contributed by atoms with Crippen LogP contribution in [0.1, 0.15) is 17.2 Å². The Labute approximate surface area is 122 Å². The molecule has 102 valence electrons. The Morgan fingerprint density at radius 3 is 2.55 bits per heavy atom. The second-order valence-electron chi connectivity index (χ2n) is 4.79. The monoisotopic (exact) mass is 283 g/mol. The molecule has 0 radical (unpaired) electrons. The molecule has 0 fully saturated rings. The first-order valence-corrected chi connectivity index (χ1v) is 7.61. The van der Waals surface area contributed by atoms with Gasteiger partial charge in [-0.25, -0.2) is 0 Å². The highest BCUT2D eigenvalue weighted by Crippen LogP contribution is 2.30. The maximum atomic E-state index is 9.68. The van der Waals surface area contributed by atoms with Gasteiger partial charge in [-0.15, -0.1) is 11.3 Å². The second-order valence-corrected chi connectivity index (χ2v) is 5.70. The topological polar surface area (TPSA) is 32.3 Å². The van der Waals surface area contributed by atoms with E-state index < -0.39 is 0 Å². The highest BCUT2D eigenvalue weighted by molar-refractivity contribution is 7.17. The minimum atomic E-state index is -0.0219. The van der Waals surface area contributed by atoms with E-state index in [9.17, 15) is 5.11 Å². The van der Waals surface area contributed by atoms with Crippen LogP contribution in [0.25, 0.3) is 10.1 Å². The Morgan fingerprint density at radius 2 is 1.75 bits per heavy atom. The number of hydrogen-bond donors (Lipinski definition) is 2. The zero-order valence-electron chi connectivity index (χ0n) is 11.1. The van der Waals surface area contributed by atoms with Crippen LogP contribution >= 0.6 is 11.3 Å². The molecule has 0 amide bonds. The molecule has 0 bridgehead atoms. The number of benzene rings is 2. The van der Waals surface area contributed by atoms with Crippen molar-refractivity contribution in [2.75, 3.05) is 6.61 Å². The van der Waals surface area contributed by atoms with Crippen molar-refractivity contribution < 1.29 is 5.11 Å². The Morgan fingerprint density at radius 1 is 1.00 bits per heavy atom. The van der Waals surface area contributed by atoms with Crippen molar-refractivity contribution in [3.63, 3.8) is 0 Å². The molecule has 2 N–H and O–H groups in total. The normalized spacial score (nSPS) is 12.7. The van der Waals surface area contributed by atoms with Gasteiger partial charge in [0.15, 0.2) is 0 Å². The maximum Gasteiger partial charge on any atom is 0.0627 e. The van der Waals surface area contributed by atoms with Crippen molar-refractivity contribution in [3.8, 4) is 0 Å². The lowest BCUT2D eigenvalue weighted by atomic mass is 10.1. The third-order valence-electron chi connectivity index (χ3n) is 3.46. The van der Waals surface area contributed by atoms with Crippen LogP contribution in [0.3, 0.4) is 0 Å². The van der Waals surface area contributed by atoms with Crippen LogP contribution in [-0.4, -0.2) is 11.7 Å². The number of fused-ring (bicyclic) bond motifs is 1. The molecule has 1 aromatic heterocycles. The fourth-order valence-electron chi connectivity index (χ4n) is 2.38. The van der Waals surface area contributed by atoms with Crippen LogP contribution in [0.15, 0.2) is 60.0 Å². The molecule has 2 nitrogen and oxygen atoms in total.